The molecular weight excluding hydrogens is 292 g/mol. The van der Waals surface area contributed by atoms with Crippen molar-refractivity contribution >= 4 is 5.65 Å². The molecule has 6 nitrogen and oxygen atoms in total. The van der Waals surface area contributed by atoms with Crippen molar-refractivity contribution < 1.29 is 9.84 Å². The van der Waals surface area contributed by atoms with Crippen molar-refractivity contribution in [3.63, 3.8) is 0 Å². The van der Waals surface area contributed by atoms with Crippen molar-refractivity contribution in [3.05, 3.63) is 35.8 Å². The number of hydrogen-bond donors (Lipinski definition) is 1. The van der Waals surface area contributed by atoms with Gasteiger partial charge in [0, 0.05) is 45.5 Å². The number of rotatable bonds is 7. The van der Waals surface area contributed by atoms with E-state index in [1.807, 2.05) is 6.20 Å². The Balaban J connectivity index is 1.64. The van der Waals surface area contributed by atoms with Gasteiger partial charge >= 0.3 is 0 Å². The van der Waals surface area contributed by atoms with Gasteiger partial charge in [-0.25, -0.2) is 4.98 Å². The molecule has 0 bridgehead atoms. The SMILES string of the molecule is Cc1cccn2c(CN(CCO)CCN3CCOCC3)cnc12. The largest absolute Gasteiger partial charge is 0.395 e. The molecule has 1 N–H and O–H groups in total. The minimum Gasteiger partial charge on any atom is -0.395 e. The quantitative estimate of drug-likeness (QED) is 0.817. The van der Waals surface area contributed by atoms with Crippen molar-refractivity contribution in [3.8, 4) is 0 Å². The number of imidazole rings is 1. The number of aromatic nitrogens is 2. The second-order valence-electron chi connectivity index (χ2n) is 6.09. The summed E-state index contributed by atoms with van der Waals surface area (Å²) in [6.45, 7) is 9.36. The standard InChI is InChI=1S/C17H26N4O2/c1-15-3-2-4-21-16(13-18-17(15)21)14-20(7-10-22)6-5-19-8-11-23-12-9-19/h2-4,13,22H,5-12,14H2,1H3. The summed E-state index contributed by atoms with van der Waals surface area (Å²) >= 11 is 0. The Morgan fingerprint density at radius 1 is 1.30 bits per heavy atom. The predicted octanol–water partition coefficient (Wildman–Crippen LogP) is 0.769. The number of aliphatic hydroxyl groups is 1. The highest BCUT2D eigenvalue weighted by molar-refractivity contribution is 5.48. The summed E-state index contributed by atoms with van der Waals surface area (Å²) < 4.78 is 7.54. The average molecular weight is 318 g/mol. The molecule has 1 aliphatic heterocycles. The van der Waals surface area contributed by atoms with E-state index in [1.54, 1.807) is 0 Å². The molecule has 0 aromatic carbocycles. The molecule has 0 unspecified atom stereocenters. The first kappa shape index (κ1) is 16.4. The first-order valence-corrected chi connectivity index (χ1v) is 8.33. The highest BCUT2D eigenvalue weighted by Crippen LogP contribution is 2.13. The maximum atomic E-state index is 9.36. The molecule has 0 spiro atoms. The van der Waals surface area contributed by atoms with Gasteiger partial charge in [0.05, 0.1) is 31.7 Å². The van der Waals surface area contributed by atoms with E-state index in [0.717, 1.165) is 51.6 Å². The van der Waals surface area contributed by atoms with Gasteiger partial charge in [0.1, 0.15) is 5.65 Å². The van der Waals surface area contributed by atoms with E-state index < -0.39 is 0 Å². The molecule has 0 aliphatic carbocycles. The molecule has 2 aromatic rings. The second kappa shape index (κ2) is 7.88. The number of pyridine rings is 1. The minimum atomic E-state index is 0.179. The Kier molecular flexibility index (Phi) is 5.61. The monoisotopic (exact) mass is 318 g/mol. The smallest absolute Gasteiger partial charge is 0.139 e. The molecule has 3 rings (SSSR count). The Morgan fingerprint density at radius 3 is 2.91 bits per heavy atom. The summed E-state index contributed by atoms with van der Waals surface area (Å²) in [6.07, 6.45) is 4.01. The zero-order valence-corrected chi connectivity index (χ0v) is 13.8. The highest BCUT2D eigenvalue weighted by atomic mass is 16.5. The van der Waals surface area contributed by atoms with Crippen LogP contribution >= 0.6 is 0 Å². The number of nitrogens with zero attached hydrogens (tertiary/aromatic N) is 4. The molecule has 1 aliphatic rings. The van der Waals surface area contributed by atoms with Gasteiger partial charge in [-0.05, 0) is 18.6 Å². The van der Waals surface area contributed by atoms with Crippen LogP contribution < -0.4 is 0 Å². The molecule has 3 heterocycles. The Morgan fingerprint density at radius 2 is 2.13 bits per heavy atom. The predicted molar refractivity (Wildman–Crippen MR) is 89.6 cm³/mol. The van der Waals surface area contributed by atoms with Crippen LogP contribution in [-0.4, -0.2) is 76.8 Å². The fourth-order valence-corrected chi connectivity index (χ4v) is 3.07. The van der Waals surface area contributed by atoms with Crippen LogP contribution in [0.5, 0.6) is 0 Å². The Hall–Kier alpha value is -1.47. The molecule has 2 aromatic heterocycles. The fraction of sp³-hybridized carbons (Fsp3) is 0.588. The van der Waals surface area contributed by atoms with E-state index in [9.17, 15) is 5.11 Å². The fourth-order valence-electron chi connectivity index (χ4n) is 3.07. The van der Waals surface area contributed by atoms with Crippen LogP contribution in [0.2, 0.25) is 0 Å². The van der Waals surface area contributed by atoms with Gasteiger partial charge < -0.3 is 14.2 Å². The van der Waals surface area contributed by atoms with Gasteiger partial charge in [0.15, 0.2) is 0 Å². The topological polar surface area (TPSA) is 53.2 Å². The lowest BCUT2D eigenvalue weighted by molar-refractivity contribution is 0.0319. The minimum absolute atomic E-state index is 0.179. The number of fused-ring (bicyclic) bond motifs is 1. The normalized spacial score (nSPS) is 16.5. The third kappa shape index (κ3) is 4.09. The zero-order chi connectivity index (χ0) is 16.1. The van der Waals surface area contributed by atoms with Crippen molar-refractivity contribution in [2.45, 2.75) is 13.5 Å². The lowest BCUT2D eigenvalue weighted by atomic mass is 10.3. The zero-order valence-electron chi connectivity index (χ0n) is 13.8. The lowest BCUT2D eigenvalue weighted by Crippen LogP contribution is -2.42. The first-order valence-electron chi connectivity index (χ1n) is 8.33. The third-order valence-corrected chi connectivity index (χ3v) is 4.45. The summed E-state index contributed by atoms with van der Waals surface area (Å²) in [5.41, 5.74) is 3.36. The number of hydrogen-bond acceptors (Lipinski definition) is 5. The van der Waals surface area contributed by atoms with Crippen LogP contribution in [0, 0.1) is 6.92 Å². The summed E-state index contributed by atoms with van der Waals surface area (Å²) in [5, 5.41) is 9.36. The van der Waals surface area contributed by atoms with Crippen LogP contribution in [0.4, 0.5) is 0 Å². The van der Waals surface area contributed by atoms with Crippen LogP contribution in [0.1, 0.15) is 11.3 Å². The van der Waals surface area contributed by atoms with Crippen LogP contribution in [0.25, 0.3) is 5.65 Å². The first-order chi connectivity index (χ1) is 11.3. The number of aryl methyl sites for hydroxylation is 1. The third-order valence-electron chi connectivity index (χ3n) is 4.45. The van der Waals surface area contributed by atoms with Gasteiger partial charge in [-0.2, -0.15) is 0 Å². The van der Waals surface area contributed by atoms with E-state index in [0.29, 0.717) is 6.54 Å². The molecule has 1 saturated heterocycles. The molecule has 1 fully saturated rings. The molecule has 0 atom stereocenters. The van der Waals surface area contributed by atoms with Crippen LogP contribution in [0.15, 0.2) is 24.5 Å². The lowest BCUT2D eigenvalue weighted by Gasteiger charge is -2.29. The summed E-state index contributed by atoms with van der Waals surface area (Å²) in [6, 6.07) is 4.13. The van der Waals surface area contributed by atoms with E-state index in [4.69, 9.17) is 4.74 Å². The van der Waals surface area contributed by atoms with E-state index in [2.05, 4.69) is 44.4 Å². The highest BCUT2D eigenvalue weighted by Gasteiger charge is 2.14. The maximum absolute atomic E-state index is 9.36. The van der Waals surface area contributed by atoms with Gasteiger partial charge in [0.25, 0.3) is 0 Å². The van der Waals surface area contributed by atoms with Gasteiger partial charge in [-0.3, -0.25) is 9.80 Å². The van der Waals surface area contributed by atoms with Crippen LogP contribution in [0.3, 0.4) is 0 Å². The molecule has 0 saturated carbocycles. The number of aliphatic hydroxyl groups excluding tert-OH is 1. The molecule has 0 radical (unpaired) electrons. The second-order valence-corrected chi connectivity index (χ2v) is 6.09. The van der Waals surface area contributed by atoms with E-state index in [-0.39, 0.29) is 6.61 Å². The summed E-state index contributed by atoms with van der Waals surface area (Å²) in [4.78, 5) is 9.24. The molecule has 126 valence electrons. The maximum Gasteiger partial charge on any atom is 0.139 e. The molecule has 0 amide bonds. The Labute approximate surface area is 137 Å². The van der Waals surface area contributed by atoms with E-state index >= 15 is 0 Å². The van der Waals surface area contributed by atoms with Crippen LogP contribution in [-0.2, 0) is 11.3 Å². The van der Waals surface area contributed by atoms with Gasteiger partial charge in [-0.1, -0.05) is 6.07 Å². The summed E-state index contributed by atoms with van der Waals surface area (Å²) in [7, 11) is 0. The Bertz CT molecular complexity index is 622. The molecular formula is C17H26N4O2. The van der Waals surface area contributed by atoms with Crippen molar-refractivity contribution in [2.75, 3.05) is 52.5 Å². The average Bonchev–Trinajstić information content (AvgIpc) is 2.98. The van der Waals surface area contributed by atoms with Crippen molar-refractivity contribution in [1.82, 2.24) is 19.2 Å². The molecule has 6 heteroatoms. The molecule has 23 heavy (non-hydrogen) atoms. The van der Waals surface area contributed by atoms with E-state index in [1.165, 1.54) is 11.3 Å². The van der Waals surface area contributed by atoms with Crippen molar-refractivity contribution in [2.24, 2.45) is 0 Å². The number of ether oxygens (including phenoxy) is 1. The van der Waals surface area contributed by atoms with Gasteiger partial charge in [0.2, 0.25) is 0 Å². The van der Waals surface area contributed by atoms with Crippen molar-refractivity contribution in [1.29, 1.82) is 0 Å². The number of morpholine rings is 1. The van der Waals surface area contributed by atoms with Gasteiger partial charge in [-0.15, -0.1) is 0 Å². The summed E-state index contributed by atoms with van der Waals surface area (Å²) in [5.74, 6) is 0.